The summed E-state index contributed by atoms with van der Waals surface area (Å²) in [6.45, 7) is 7.55. The van der Waals surface area contributed by atoms with E-state index in [1.165, 1.54) is 0 Å². The van der Waals surface area contributed by atoms with E-state index in [1.807, 2.05) is 0 Å². The summed E-state index contributed by atoms with van der Waals surface area (Å²) in [6.07, 6.45) is 0.584. The molecule has 1 fully saturated rings. The fraction of sp³-hybridized carbons (Fsp3) is 0.200. The minimum Gasteiger partial charge on any atom is -0.399 e. The Morgan fingerprint density at radius 3 is 2.50 bits per heavy atom. The Bertz CT molecular complexity index is 593. The lowest BCUT2D eigenvalue weighted by molar-refractivity contribution is -0.123. The van der Waals surface area contributed by atoms with Gasteiger partial charge in [-0.25, -0.2) is 0 Å². The summed E-state index contributed by atoms with van der Waals surface area (Å²) in [6, 6.07) is 7.10. The molecule has 1 heterocycles. The Morgan fingerprint density at radius 1 is 1.23 bits per heavy atom. The summed E-state index contributed by atoms with van der Waals surface area (Å²) in [5, 5.41) is 0. The smallest absolute Gasteiger partial charge is 0.247 e. The molecular weight excluding hydrogens is 282 g/mol. The van der Waals surface area contributed by atoms with Crippen molar-refractivity contribution in [3.05, 3.63) is 48.7 Å². The van der Waals surface area contributed by atoms with E-state index in [0.717, 1.165) is 5.56 Å². The first-order valence-corrected chi connectivity index (χ1v) is 6.81. The van der Waals surface area contributed by atoms with Gasteiger partial charge in [0.25, 0.3) is 0 Å². The van der Waals surface area contributed by atoms with Crippen molar-refractivity contribution in [1.82, 2.24) is 21.7 Å². The number of nitrogens with two attached hydrogens (primary N) is 1. The fourth-order valence-electron chi connectivity index (χ4n) is 2.02. The number of hydrogen-bond acceptors (Lipinski definition) is 5. The van der Waals surface area contributed by atoms with E-state index >= 15 is 0 Å². The van der Waals surface area contributed by atoms with Gasteiger partial charge in [0.05, 0.1) is 11.6 Å². The van der Waals surface area contributed by atoms with Gasteiger partial charge in [-0.3, -0.25) is 25.9 Å². The van der Waals surface area contributed by atoms with Gasteiger partial charge in [-0.2, -0.15) is 0 Å². The fourth-order valence-corrected chi connectivity index (χ4v) is 2.02. The molecule has 0 aliphatic carbocycles. The van der Waals surface area contributed by atoms with Crippen LogP contribution in [0, 0.1) is 5.92 Å². The van der Waals surface area contributed by atoms with Crippen LogP contribution in [0.3, 0.4) is 0 Å². The van der Waals surface area contributed by atoms with Gasteiger partial charge in [0.2, 0.25) is 11.8 Å². The molecule has 0 bridgehead atoms. The predicted octanol–water partition coefficient (Wildman–Crippen LogP) is 0.405. The summed E-state index contributed by atoms with van der Waals surface area (Å²) in [4.78, 5) is 23.3. The van der Waals surface area contributed by atoms with E-state index in [9.17, 15) is 9.59 Å². The highest BCUT2D eigenvalue weighted by molar-refractivity contribution is 5.84. The minimum absolute atomic E-state index is 0.169. The lowest BCUT2D eigenvalue weighted by Gasteiger charge is -2.12. The summed E-state index contributed by atoms with van der Waals surface area (Å²) < 4.78 is 0. The Morgan fingerprint density at radius 2 is 1.91 bits per heavy atom. The number of nitrogens with one attached hydrogen (secondary N) is 4. The molecule has 0 spiro atoms. The molecule has 1 aromatic rings. The molecule has 1 unspecified atom stereocenters. The molecule has 22 heavy (non-hydrogen) atoms. The van der Waals surface area contributed by atoms with E-state index in [0.29, 0.717) is 23.5 Å². The number of amides is 2. The molecule has 2 amide bonds. The van der Waals surface area contributed by atoms with Crippen molar-refractivity contribution in [2.45, 2.75) is 12.8 Å². The van der Waals surface area contributed by atoms with Gasteiger partial charge < -0.3 is 11.2 Å². The highest BCUT2D eigenvalue weighted by Gasteiger charge is 2.28. The second-order valence-electron chi connectivity index (χ2n) is 5.00. The number of carbonyl (C=O) groups excluding carboxylic acids is 2. The summed E-state index contributed by atoms with van der Waals surface area (Å²) >= 11 is 0. The number of benzene rings is 1. The zero-order valence-electron chi connectivity index (χ0n) is 12.1. The van der Waals surface area contributed by atoms with Crippen molar-refractivity contribution in [2.75, 3.05) is 5.73 Å². The van der Waals surface area contributed by atoms with Gasteiger partial charge in [-0.15, -0.1) is 0 Å². The van der Waals surface area contributed by atoms with Gasteiger partial charge in [-0.1, -0.05) is 25.3 Å². The molecule has 116 valence electrons. The second kappa shape index (κ2) is 6.66. The second-order valence-corrected chi connectivity index (χ2v) is 5.00. The number of nitrogen functional groups attached to an aromatic ring is 1. The zero-order valence-corrected chi connectivity index (χ0v) is 12.1. The molecule has 1 aliphatic heterocycles. The first-order chi connectivity index (χ1) is 10.5. The van der Waals surface area contributed by atoms with E-state index in [-0.39, 0.29) is 24.2 Å². The SMILES string of the molecule is C=C(NNC(=O)CCC1C(=C)NNC1=O)c1ccc(N)cc1. The number of hydrazine groups is 2. The normalized spacial score (nSPS) is 16.6. The molecule has 2 rings (SSSR count). The summed E-state index contributed by atoms with van der Waals surface area (Å²) in [7, 11) is 0. The Kier molecular flexibility index (Phi) is 4.67. The number of rotatable bonds is 6. The van der Waals surface area contributed by atoms with Crippen LogP contribution in [0.2, 0.25) is 0 Å². The van der Waals surface area contributed by atoms with Gasteiger partial charge >= 0.3 is 0 Å². The standard InChI is InChI=1S/C15H19N5O2/c1-9(11-3-5-12(16)6-4-11)17-19-14(21)8-7-13-10(2)18-20-15(13)22/h3-6,13,17-18H,1-2,7-8,16H2,(H,19,21)(H,20,22). The third-order valence-corrected chi connectivity index (χ3v) is 3.36. The first-order valence-electron chi connectivity index (χ1n) is 6.81. The molecule has 0 aromatic heterocycles. The van der Waals surface area contributed by atoms with Crippen molar-refractivity contribution >= 4 is 23.2 Å². The Hall–Kier alpha value is -2.96. The van der Waals surface area contributed by atoms with Crippen molar-refractivity contribution in [2.24, 2.45) is 5.92 Å². The van der Waals surface area contributed by atoms with Crippen LogP contribution in [0.15, 0.2) is 43.1 Å². The maximum atomic E-state index is 11.8. The Labute approximate surface area is 128 Å². The van der Waals surface area contributed by atoms with Gasteiger partial charge in [0.15, 0.2) is 0 Å². The maximum absolute atomic E-state index is 11.8. The average Bonchev–Trinajstić information content (AvgIpc) is 2.82. The van der Waals surface area contributed by atoms with E-state index in [4.69, 9.17) is 5.73 Å². The van der Waals surface area contributed by atoms with Crippen LogP contribution < -0.4 is 27.4 Å². The lowest BCUT2D eigenvalue weighted by Crippen LogP contribution is -2.36. The number of carbonyl (C=O) groups is 2. The van der Waals surface area contributed by atoms with Gasteiger partial charge in [0.1, 0.15) is 0 Å². The summed E-state index contributed by atoms with van der Waals surface area (Å²) in [5.74, 6) is -0.785. The van der Waals surface area contributed by atoms with Crippen molar-refractivity contribution in [3.63, 3.8) is 0 Å². The molecule has 7 heteroatoms. The van der Waals surface area contributed by atoms with Crippen molar-refractivity contribution in [3.8, 4) is 0 Å². The maximum Gasteiger partial charge on any atom is 0.247 e. The monoisotopic (exact) mass is 301 g/mol. The highest BCUT2D eigenvalue weighted by atomic mass is 16.2. The van der Waals surface area contributed by atoms with Crippen LogP contribution in [0.25, 0.3) is 5.70 Å². The summed E-state index contributed by atoms with van der Waals surface area (Å²) in [5.41, 5.74) is 18.6. The van der Waals surface area contributed by atoms with Gasteiger partial charge in [0, 0.05) is 17.8 Å². The largest absolute Gasteiger partial charge is 0.399 e. The van der Waals surface area contributed by atoms with Crippen LogP contribution in [-0.4, -0.2) is 11.8 Å². The number of hydrogen-bond donors (Lipinski definition) is 5. The predicted molar refractivity (Wildman–Crippen MR) is 84.3 cm³/mol. The van der Waals surface area contributed by atoms with E-state index in [2.05, 4.69) is 34.9 Å². The van der Waals surface area contributed by atoms with Crippen molar-refractivity contribution in [1.29, 1.82) is 0 Å². The van der Waals surface area contributed by atoms with E-state index < -0.39 is 0 Å². The lowest BCUT2D eigenvalue weighted by atomic mass is 10.0. The van der Waals surface area contributed by atoms with Crippen LogP contribution in [0.4, 0.5) is 5.69 Å². The molecular formula is C15H19N5O2. The molecule has 7 nitrogen and oxygen atoms in total. The molecule has 1 saturated heterocycles. The topological polar surface area (TPSA) is 108 Å². The molecule has 1 atom stereocenters. The molecule has 0 radical (unpaired) electrons. The number of anilines is 1. The molecule has 1 aliphatic rings. The van der Waals surface area contributed by atoms with Crippen LogP contribution in [0.1, 0.15) is 18.4 Å². The third-order valence-electron chi connectivity index (χ3n) is 3.36. The van der Waals surface area contributed by atoms with Crippen LogP contribution in [0.5, 0.6) is 0 Å². The zero-order chi connectivity index (χ0) is 16.1. The molecule has 0 saturated carbocycles. The molecule has 1 aromatic carbocycles. The first kappa shape index (κ1) is 15.4. The Balaban J connectivity index is 1.75. The van der Waals surface area contributed by atoms with Crippen molar-refractivity contribution < 1.29 is 9.59 Å². The third kappa shape index (κ3) is 3.78. The minimum atomic E-state index is -0.383. The quantitative estimate of drug-likeness (QED) is 0.386. The van der Waals surface area contributed by atoms with Crippen LogP contribution >= 0.6 is 0 Å². The highest BCUT2D eigenvalue weighted by Crippen LogP contribution is 2.17. The van der Waals surface area contributed by atoms with Gasteiger partial charge in [-0.05, 0) is 24.1 Å². The average molecular weight is 301 g/mol. The van der Waals surface area contributed by atoms with E-state index in [1.54, 1.807) is 24.3 Å². The molecule has 6 N–H and O–H groups in total. The van der Waals surface area contributed by atoms with Crippen LogP contribution in [-0.2, 0) is 9.59 Å².